The summed E-state index contributed by atoms with van der Waals surface area (Å²) in [6.45, 7) is 11.4. The van der Waals surface area contributed by atoms with Gasteiger partial charge in [0.2, 0.25) is 0 Å². The highest BCUT2D eigenvalue weighted by molar-refractivity contribution is 4.95. The van der Waals surface area contributed by atoms with Gasteiger partial charge < -0.3 is 14.6 Å². The first-order chi connectivity index (χ1) is 10.0. The summed E-state index contributed by atoms with van der Waals surface area (Å²) < 4.78 is 11.8. The van der Waals surface area contributed by atoms with Gasteiger partial charge in [0.1, 0.15) is 0 Å². The highest BCUT2D eigenvalue weighted by Gasteiger charge is 2.47. The summed E-state index contributed by atoms with van der Waals surface area (Å²) >= 11 is 0. The van der Waals surface area contributed by atoms with Crippen molar-refractivity contribution in [2.75, 3.05) is 19.8 Å². The Morgan fingerprint density at radius 3 is 2.33 bits per heavy atom. The standard InChI is InChI=1S/C17H33NO3/c1-5-14(6-2)18(12-13(3)4)15-11-17(8-7-16(15)19)20-9-10-21-17/h13-16,19H,5-12H2,1-4H3. The molecule has 1 aliphatic carbocycles. The van der Waals surface area contributed by atoms with Gasteiger partial charge in [0.25, 0.3) is 0 Å². The van der Waals surface area contributed by atoms with Crippen LogP contribution in [0.4, 0.5) is 0 Å². The van der Waals surface area contributed by atoms with E-state index in [1.54, 1.807) is 0 Å². The van der Waals surface area contributed by atoms with Gasteiger partial charge in [-0.3, -0.25) is 4.90 Å². The number of nitrogens with zero attached hydrogens (tertiary/aromatic N) is 1. The van der Waals surface area contributed by atoms with Crippen molar-refractivity contribution in [3.63, 3.8) is 0 Å². The summed E-state index contributed by atoms with van der Waals surface area (Å²) in [5, 5.41) is 10.6. The Labute approximate surface area is 129 Å². The molecule has 2 atom stereocenters. The van der Waals surface area contributed by atoms with Crippen LogP contribution in [0, 0.1) is 5.92 Å². The van der Waals surface area contributed by atoms with Crippen LogP contribution < -0.4 is 0 Å². The van der Waals surface area contributed by atoms with E-state index in [9.17, 15) is 5.11 Å². The minimum Gasteiger partial charge on any atom is -0.391 e. The van der Waals surface area contributed by atoms with Crippen molar-refractivity contribution in [1.82, 2.24) is 4.90 Å². The second-order valence-electron chi connectivity index (χ2n) is 7.05. The molecule has 4 nitrogen and oxygen atoms in total. The Kier molecular flexibility index (Phi) is 6.06. The van der Waals surface area contributed by atoms with E-state index in [2.05, 4.69) is 32.6 Å². The lowest BCUT2D eigenvalue weighted by Gasteiger charge is -2.47. The minimum absolute atomic E-state index is 0.157. The van der Waals surface area contributed by atoms with Gasteiger partial charge in [-0.2, -0.15) is 0 Å². The van der Waals surface area contributed by atoms with Crippen LogP contribution in [-0.4, -0.2) is 53.7 Å². The van der Waals surface area contributed by atoms with Crippen molar-refractivity contribution in [3.8, 4) is 0 Å². The molecule has 124 valence electrons. The van der Waals surface area contributed by atoms with Crippen LogP contribution in [0.15, 0.2) is 0 Å². The third-order valence-corrected chi connectivity index (χ3v) is 5.01. The minimum atomic E-state index is -0.425. The van der Waals surface area contributed by atoms with Crippen LogP contribution in [0.2, 0.25) is 0 Å². The summed E-state index contributed by atoms with van der Waals surface area (Å²) in [5.41, 5.74) is 0. The van der Waals surface area contributed by atoms with Gasteiger partial charge in [0, 0.05) is 31.5 Å². The zero-order valence-corrected chi connectivity index (χ0v) is 14.2. The Bertz CT molecular complexity index is 311. The molecule has 1 heterocycles. The lowest BCUT2D eigenvalue weighted by Crippen LogP contribution is -2.56. The molecule has 0 amide bonds. The summed E-state index contributed by atoms with van der Waals surface area (Å²) in [7, 11) is 0. The molecular formula is C17H33NO3. The van der Waals surface area contributed by atoms with E-state index < -0.39 is 5.79 Å². The fraction of sp³-hybridized carbons (Fsp3) is 1.00. The maximum atomic E-state index is 10.6. The second kappa shape index (κ2) is 7.40. The SMILES string of the molecule is CCC(CC)N(CC(C)C)C1CC2(CCC1O)OCCO2. The van der Waals surface area contributed by atoms with Gasteiger partial charge in [-0.05, 0) is 25.2 Å². The van der Waals surface area contributed by atoms with Crippen molar-refractivity contribution in [2.24, 2.45) is 5.92 Å². The zero-order chi connectivity index (χ0) is 15.5. The molecule has 0 aromatic carbocycles. The average Bonchev–Trinajstić information content (AvgIpc) is 2.90. The van der Waals surface area contributed by atoms with Gasteiger partial charge in [-0.1, -0.05) is 27.7 Å². The quantitative estimate of drug-likeness (QED) is 0.819. The highest BCUT2D eigenvalue weighted by atomic mass is 16.7. The number of hydrogen-bond acceptors (Lipinski definition) is 4. The molecule has 2 aliphatic rings. The summed E-state index contributed by atoms with van der Waals surface area (Å²) in [5.74, 6) is 0.173. The van der Waals surface area contributed by atoms with Gasteiger partial charge in [-0.15, -0.1) is 0 Å². The Hall–Kier alpha value is -0.160. The third kappa shape index (κ3) is 3.98. The lowest BCUT2D eigenvalue weighted by molar-refractivity contribution is -0.208. The van der Waals surface area contributed by atoms with Crippen molar-refractivity contribution < 1.29 is 14.6 Å². The fourth-order valence-corrected chi connectivity index (χ4v) is 3.95. The molecule has 1 N–H and O–H groups in total. The van der Waals surface area contributed by atoms with Crippen molar-refractivity contribution >= 4 is 0 Å². The summed E-state index contributed by atoms with van der Waals surface area (Å²) in [4.78, 5) is 2.53. The van der Waals surface area contributed by atoms with E-state index in [4.69, 9.17) is 9.47 Å². The van der Waals surface area contributed by atoms with E-state index in [0.717, 1.165) is 38.6 Å². The third-order valence-electron chi connectivity index (χ3n) is 5.01. The monoisotopic (exact) mass is 299 g/mol. The molecule has 4 heteroatoms. The van der Waals surface area contributed by atoms with Crippen molar-refractivity contribution in [1.29, 1.82) is 0 Å². The molecule has 0 aromatic rings. The van der Waals surface area contributed by atoms with Crippen molar-refractivity contribution in [2.45, 2.75) is 83.8 Å². The van der Waals surface area contributed by atoms with Gasteiger partial charge in [0.05, 0.1) is 19.3 Å². The van der Waals surface area contributed by atoms with Crippen LogP contribution in [0.3, 0.4) is 0 Å². The topological polar surface area (TPSA) is 41.9 Å². The maximum absolute atomic E-state index is 10.6. The predicted octanol–water partition coefficient (Wildman–Crippen LogP) is 2.79. The van der Waals surface area contributed by atoms with E-state index >= 15 is 0 Å². The molecule has 0 aromatic heterocycles. The zero-order valence-electron chi connectivity index (χ0n) is 14.2. The molecular weight excluding hydrogens is 266 g/mol. The summed E-state index contributed by atoms with van der Waals surface area (Å²) in [6.07, 6.45) is 4.39. The van der Waals surface area contributed by atoms with Gasteiger partial charge >= 0.3 is 0 Å². The number of ether oxygens (including phenoxy) is 2. The average molecular weight is 299 g/mol. The van der Waals surface area contributed by atoms with Crippen LogP contribution in [-0.2, 0) is 9.47 Å². The van der Waals surface area contributed by atoms with E-state index in [1.807, 2.05) is 0 Å². The lowest BCUT2D eigenvalue weighted by atomic mass is 9.85. The molecule has 2 unspecified atom stereocenters. The maximum Gasteiger partial charge on any atom is 0.170 e. The van der Waals surface area contributed by atoms with Gasteiger partial charge in [0.15, 0.2) is 5.79 Å². The molecule has 1 aliphatic heterocycles. The number of rotatable bonds is 6. The normalized spacial score (nSPS) is 29.1. The Morgan fingerprint density at radius 2 is 1.81 bits per heavy atom. The number of aliphatic hydroxyl groups excluding tert-OH is 1. The predicted molar refractivity (Wildman–Crippen MR) is 84.2 cm³/mol. The first kappa shape index (κ1) is 17.2. The first-order valence-electron chi connectivity index (χ1n) is 8.73. The second-order valence-corrected chi connectivity index (χ2v) is 7.05. The van der Waals surface area contributed by atoms with Crippen molar-refractivity contribution in [3.05, 3.63) is 0 Å². The Balaban J connectivity index is 2.15. The molecule has 0 bridgehead atoms. The molecule has 2 rings (SSSR count). The molecule has 0 radical (unpaired) electrons. The molecule has 2 fully saturated rings. The highest BCUT2D eigenvalue weighted by Crippen LogP contribution is 2.39. The summed E-state index contributed by atoms with van der Waals surface area (Å²) in [6, 6.07) is 0.688. The Morgan fingerprint density at radius 1 is 1.19 bits per heavy atom. The fourth-order valence-electron chi connectivity index (χ4n) is 3.95. The molecule has 1 saturated heterocycles. The number of aliphatic hydroxyl groups is 1. The largest absolute Gasteiger partial charge is 0.391 e. The number of hydrogen-bond donors (Lipinski definition) is 1. The van der Waals surface area contributed by atoms with Gasteiger partial charge in [-0.25, -0.2) is 0 Å². The van der Waals surface area contributed by atoms with E-state index in [-0.39, 0.29) is 12.1 Å². The van der Waals surface area contributed by atoms with Crippen LogP contribution >= 0.6 is 0 Å². The van der Waals surface area contributed by atoms with E-state index in [0.29, 0.717) is 25.2 Å². The van der Waals surface area contributed by atoms with Crippen LogP contribution in [0.1, 0.15) is 59.8 Å². The van der Waals surface area contributed by atoms with Crippen LogP contribution in [0.5, 0.6) is 0 Å². The van der Waals surface area contributed by atoms with E-state index in [1.165, 1.54) is 0 Å². The van der Waals surface area contributed by atoms with Crippen LogP contribution in [0.25, 0.3) is 0 Å². The smallest absolute Gasteiger partial charge is 0.170 e. The first-order valence-corrected chi connectivity index (χ1v) is 8.73. The molecule has 1 saturated carbocycles. The molecule has 1 spiro atoms. The molecule has 21 heavy (non-hydrogen) atoms.